The van der Waals surface area contributed by atoms with E-state index in [1.807, 2.05) is 0 Å². The Morgan fingerprint density at radius 1 is 1.19 bits per heavy atom. The van der Waals surface area contributed by atoms with Gasteiger partial charge in [-0.2, -0.15) is 0 Å². The lowest BCUT2D eigenvalue weighted by atomic mass is 9.78. The largest absolute Gasteiger partial charge is 0.374 e. The van der Waals surface area contributed by atoms with Gasteiger partial charge in [0.1, 0.15) is 0 Å². The summed E-state index contributed by atoms with van der Waals surface area (Å²) in [5.74, 6) is 0.716. The van der Waals surface area contributed by atoms with Crippen molar-refractivity contribution < 1.29 is 4.74 Å². The minimum Gasteiger partial charge on any atom is -0.374 e. The lowest BCUT2D eigenvalue weighted by Crippen LogP contribution is -2.50. The molecule has 0 spiro atoms. The molecule has 1 fully saturated rings. The van der Waals surface area contributed by atoms with Crippen LogP contribution < -0.4 is 0 Å². The van der Waals surface area contributed by atoms with Crippen LogP contribution in [0.2, 0.25) is 0 Å². The summed E-state index contributed by atoms with van der Waals surface area (Å²) in [4.78, 5) is 0. The molecule has 0 amide bonds. The predicted octanol–water partition coefficient (Wildman–Crippen LogP) is 4.49. The third-order valence-corrected chi connectivity index (χ3v) is 3.48. The predicted molar refractivity (Wildman–Crippen MR) is 70.6 cm³/mol. The first-order valence-corrected chi connectivity index (χ1v) is 6.35. The molecule has 1 aliphatic heterocycles. The van der Waals surface area contributed by atoms with Gasteiger partial charge in [-0.05, 0) is 53.9 Å². The van der Waals surface area contributed by atoms with Gasteiger partial charge in [0.05, 0.1) is 12.2 Å². The van der Waals surface area contributed by atoms with E-state index in [2.05, 4.69) is 46.8 Å². The van der Waals surface area contributed by atoms with Gasteiger partial charge in [0.15, 0.2) is 0 Å². The Hall–Kier alpha value is -0.560. The zero-order valence-electron chi connectivity index (χ0n) is 11.5. The van der Waals surface area contributed by atoms with Crippen LogP contribution in [-0.2, 0) is 4.74 Å². The van der Waals surface area contributed by atoms with Crippen LogP contribution in [0.15, 0.2) is 23.3 Å². The summed E-state index contributed by atoms with van der Waals surface area (Å²) in [6.07, 6.45) is 8.12. The van der Waals surface area contributed by atoms with E-state index in [0.717, 1.165) is 19.4 Å². The van der Waals surface area contributed by atoms with Crippen LogP contribution >= 0.6 is 0 Å². The maximum absolute atomic E-state index is 5.79. The van der Waals surface area contributed by atoms with Crippen LogP contribution in [0.25, 0.3) is 0 Å². The second kappa shape index (κ2) is 5.67. The van der Waals surface area contributed by atoms with Crippen molar-refractivity contribution in [3.63, 3.8) is 0 Å². The first-order chi connectivity index (χ1) is 7.44. The second-order valence-electron chi connectivity index (χ2n) is 5.66. The van der Waals surface area contributed by atoms with Crippen molar-refractivity contribution in [1.82, 2.24) is 0 Å². The van der Waals surface area contributed by atoms with Gasteiger partial charge in [0.2, 0.25) is 0 Å². The highest BCUT2D eigenvalue weighted by molar-refractivity contribution is 5.02. The third kappa shape index (κ3) is 3.79. The van der Waals surface area contributed by atoms with Gasteiger partial charge in [-0.1, -0.05) is 23.3 Å². The van der Waals surface area contributed by atoms with Crippen molar-refractivity contribution in [1.29, 1.82) is 0 Å². The molecule has 1 saturated heterocycles. The highest BCUT2D eigenvalue weighted by Crippen LogP contribution is 2.39. The van der Waals surface area contributed by atoms with Crippen molar-refractivity contribution in [2.45, 2.75) is 59.5 Å². The van der Waals surface area contributed by atoms with Crippen LogP contribution in [0, 0.1) is 5.92 Å². The van der Waals surface area contributed by atoms with Crippen molar-refractivity contribution in [3.8, 4) is 0 Å². The molecule has 1 aliphatic rings. The van der Waals surface area contributed by atoms with Crippen LogP contribution in [-0.4, -0.2) is 12.2 Å². The van der Waals surface area contributed by atoms with Crippen molar-refractivity contribution in [2.75, 3.05) is 6.61 Å². The van der Waals surface area contributed by atoms with E-state index < -0.39 is 0 Å². The molecule has 2 unspecified atom stereocenters. The zero-order valence-corrected chi connectivity index (χ0v) is 11.5. The molecule has 1 heteroatoms. The maximum Gasteiger partial charge on any atom is 0.0710 e. The third-order valence-electron chi connectivity index (χ3n) is 3.48. The fourth-order valence-corrected chi connectivity index (χ4v) is 2.10. The lowest BCUT2D eigenvalue weighted by Gasteiger charge is -2.47. The van der Waals surface area contributed by atoms with Crippen LogP contribution in [0.4, 0.5) is 0 Å². The quantitative estimate of drug-likeness (QED) is 0.623. The maximum atomic E-state index is 5.79. The zero-order chi connectivity index (χ0) is 12.2. The molecule has 0 N–H and O–H groups in total. The Morgan fingerprint density at radius 2 is 1.81 bits per heavy atom. The number of allylic oxidation sites excluding steroid dienone is 4. The van der Waals surface area contributed by atoms with Crippen molar-refractivity contribution in [2.24, 2.45) is 5.92 Å². The summed E-state index contributed by atoms with van der Waals surface area (Å²) in [6.45, 7) is 11.9. The molecule has 0 aromatic rings. The summed E-state index contributed by atoms with van der Waals surface area (Å²) in [7, 11) is 0. The molecule has 1 nitrogen and oxygen atoms in total. The lowest BCUT2D eigenvalue weighted by molar-refractivity contribution is -0.194. The highest BCUT2D eigenvalue weighted by atomic mass is 16.5. The van der Waals surface area contributed by atoms with E-state index in [0.29, 0.717) is 5.92 Å². The van der Waals surface area contributed by atoms with Gasteiger partial charge < -0.3 is 4.74 Å². The Morgan fingerprint density at radius 3 is 2.25 bits per heavy atom. The number of hydrogen-bond acceptors (Lipinski definition) is 1. The van der Waals surface area contributed by atoms with E-state index in [1.165, 1.54) is 17.6 Å². The van der Waals surface area contributed by atoms with Crippen LogP contribution in [0.3, 0.4) is 0 Å². The van der Waals surface area contributed by atoms with E-state index in [-0.39, 0.29) is 5.60 Å². The van der Waals surface area contributed by atoms with Gasteiger partial charge in [0, 0.05) is 5.92 Å². The average Bonchev–Trinajstić information content (AvgIpc) is 2.15. The van der Waals surface area contributed by atoms with Crippen LogP contribution in [0.1, 0.15) is 53.9 Å². The van der Waals surface area contributed by atoms with Crippen LogP contribution in [0.5, 0.6) is 0 Å². The summed E-state index contributed by atoms with van der Waals surface area (Å²) in [5, 5.41) is 0. The molecule has 1 heterocycles. The standard InChI is InChI=1S/C15H26O/c1-12(2)7-6-10-15(5)14(11-16-15)9-8-13(3)4/h7-8,14H,6,9-11H2,1-5H3. The smallest absolute Gasteiger partial charge is 0.0710 e. The highest BCUT2D eigenvalue weighted by Gasteiger charge is 2.42. The molecule has 0 radical (unpaired) electrons. The fourth-order valence-electron chi connectivity index (χ4n) is 2.10. The topological polar surface area (TPSA) is 9.23 Å². The number of rotatable bonds is 5. The van der Waals surface area contributed by atoms with E-state index >= 15 is 0 Å². The summed E-state index contributed by atoms with van der Waals surface area (Å²) in [5.41, 5.74) is 2.94. The second-order valence-corrected chi connectivity index (χ2v) is 5.66. The molecular formula is C15H26O. The van der Waals surface area contributed by atoms with Gasteiger partial charge in [-0.25, -0.2) is 0 Å². The Kier molecular flexibility index (Phi) is 4.79. The normalized spacial score (nSPS) is 28.2. The van der Waals surface area contributed by atoms with Gasteiger partial charge >= 0.3 is 0 Å². The Labute approximate surface area is 101 Å². The molecule has 1 rings (SSSR count). The average molecular weight is 222 g/mol. The summed E-state index contributed by atoms with van der Waals surface area (Å²) in [6, 6.07) is 0. The molecule has 0 bridgehead atoms. The Balaban J connectivity index is 2.39. The van der Waals surface area contributed by atoms with E-state index in [1.54, 1.807) is 0 Å². The first-order valence-electron chi connectivity index (χ1n) is 6.35. The molecule has 2 atom stereocenters. The van der Waals surface area contributed by atoms with E-state index in [4.69, 9.17) is 4.74 Å². The SMILES string of the molecule is CC(C)=CCCC1(C)OCC1CC=C(C)C. The molecule has 16 heavy (non-hydrogen) atoms. The minimum absolute atomic E-state index is 0.123. The molecule has 0 saturated carbocycles. The molecular weight excluding hydrogens is 196 g/mol. The first kappa shape index (κ1) is 13.5. The molecule has 0 aromatic heterocycles. The summed E-state index contributed by atoms with van der Waals surface area (Å²) < 4.78 is 5.79. The summed E-state index contributed by atoms with van der Waals surface area (Å²) >= 11 is 0. The fraction of sp³-hybridized carbons (Fsp3) is 0.733. The number of ether oxygens (including phenoxy) is 1. The minimum atomic E-state index is 0.123. The van der Waals surface area contributed by atoms with E-state index in [9.17, 15) is 0 Å². The molecule has 0 aliphatic carbocycles. The van der Waals surface area contributed by atoms with Crippen molar-refractivity contribution >= 4 is 0 Å². The molecule has 0 aromatic carbocycles. The monoisotopic (exact) mass is 222 g/mol. The van der Waals surface area contributed by atoms with Gasteiger partial charge in [-0.3, -0.25) is 0 Å². The van der Waals surface area contributed by atoms with Gasteiger partial charge in [0.25, 0.3) is 0 Å². The molecule has 92 valence electrons. The van der Waals surface area contributed by atoms with Gasteiger partial charge in [-0.15, -0.1) is 0 Å². The Bertz CT molecular complexity index is 280. The van der Waals surface area contributed by atoms with Crippen molar-refractivity contribution in [3.05, 3.63) is 23.3 Å². The number of hydrogen-bond donors (Lipinski definition) is 0.